The normalized spacial score (nSPS) is 12.2. The summed E-state index contributed by atoms with van der Waals surface area (Å²) in [6, 6.07) is 11.7. The first kappa shape index (κ1) is 29.3. The van der Waals surface area contributed by atoms with Gasteiger partial charge in [-0.05, 0) is 56.2 Å². The van der Waals surface area contributed by atoms with Crippen LogP contribution in [0.15, 0.2) is 115 Å². The van der Waals surface area contributed by atoms with Gasteiger partial charge in [-0.2, -0.15) is 0 Å². The summed E-state index contributed by atoms with van der Waals surface area (Å²) in [4.78, 5) is 36.1. The van der Waals surface area contributed by atoms with Gasteiger partial charge in [0.1, 0.15) is 17.2 Å². The van der Waals surface area contributed by atoms with Crippen molar-refractivity contribution in [3.8, 4) is 17.2 Å². The second-order valence-electron chi connectivity index (χ2n) is 7.56. The van der Waals surface area contributed by atoms with Gasteiger partial charge in [0.05, 0.1) is 0 Å². The van der Waals surface area contributed by atoms with E-state index in [1.807, 2.05) is 32.9 Å². The second-order valence-corrected chi connectivity index (χ2v) is 7.56. The van der Waals surface area contributed by atoms with Gasteiger partial charge in [-0.1, -0.05) is 79.0 Å². The molecule has 194 valence electrons. The maximum absolute atomic E-state index is 12.1. The van der Waals surface area contributed by atoms with Crippen LogP contribution in [0.1, 0.15) is 31.9 Å². The van der Waals surface area contributed by atoms with E-state index in [0.29, 0.717) is 11.3 Å². The summed E-state index contributed by atoms with van der Waals surface area (Å²) in [7, 11) is 0. The van der Waals surface area contributed by atoms with Crippen molar-refractivity contribution in [2.45, 2.75) is 20.8 Å². The van der Waals surface area contributed by atoms with Crippen molar-refractivity contribution in [2.24, 2.45) is 0 Å². The molecule has 0 aliphatic rings. The molecule has 0 fully saturated rings. The van der Waals surface area contributed by atoms with Crippen LogP contribution >= 0.6 is 0 Å². The van der Waals surface area contributed by atoms with Gasteiger partial charge in [0.15, 0.2) is 0 Å². The van der Waals surface area contributed by atoms with Crippen molar-refractivity contribution in [2.75, 3.05) is 0 Å². The van der Waals surface area contributed by atoms with Gasteiger partial charge >= 0.3 is 17.9 Å². The molecule has 0 amide bonds. The Morgan fingerprint density at radius 3 is 1.32 bits per heavy atom. The number of carbonyl (C=O) groups excluding carboxylic acids is 3. The molecule has 0 radical (unpaired) electrons. The lowest BCUT2D eigenvalue weighted by Gasteiger charge is -2.08. The van der Waals surface area contributed by atoms with Crippen LogP contribution in [0.5, 0.6) is 17.2 Å². The predicted octanol–water partition coefficient (Wildman–Crippen LogP) is 6.97. The quantitative estimate of drug-likeness (QED) is 0.107. The fourth-order valence-corrected chi connectivity index (χ4v) is 2.83. The average Bonchev–Trinajstić information content (AvgIpc) is 2.88. The zero-order chi connectivity index (χ0) is 27.6. The summed E-state index contributed by atoms with van der Waals surface area (Å²) in [5.41, 5.74) is 1.47. The van der Waals surface area contributed by atoms with Crippen LogP contribution < -0.4 is 14.2 Å². The molecule has 2 aromatic carbocycles. The molecule has 0 saturated carbocycles. The Bertz CT molecular complexity index is 1250. The Balaban J connectivity index is 2.22. The van der Waals surface area contributed by atoms with Crippen molar-refractivity contribution < 1.29 is 28.6 Å². The van der Waals surface area contributed by atoms with Gasteiger partial charge in [0.2, 0.25) is 0 Å². The molecule has 0 N–H and O–H groups in total. The molecule has 6 heteroatoms. The highest BCUT2D eigenvalue weighted by Gasteiger charge is 2.08. The molecular weight excluding hydrogens is 480 g/mol. The van der Waals surface area contributed by atoms with E-state index in [9.17, 15) is 14.4 Å². The number of carbonyl (C=O) groups is 3. The van der Waals surface area contributed by atoms with Crippen molar-refractivity contribution in [1.29, 1.82) is 0 Å². The van der Waals surface area contributed by atoms with Crippen LogP contribution in [0.25, 0.3) is 12.2 Å². The third kappa shape index (κ3) is 11.6. The number of ether oxygens (including phenoxy) is 3. The maximum atomic E-state index is 12.1. The standard InChI is InChI=1S/C32H30O6/c1-4-7-10-13-30(33)36-27-20-18-25(19-21-27)16-17-26-22-28(37-31(34)14-11-8-5-2)24-29(23-26)38-32(35)15-12-9-6-3/h4-24H,1-3H3/b7-4+,8-5+,9-6+,13-10+,14-11+,15-12+,17-16?. The minimum Gasteiger partial charge on any atom is -0.423 e. The van der Waals surface area contributed by atoms with E-state index in [2.05, 4.69) is 0 Å². The highest BCUT2D eigenvalue weighted by Crippen LogP contribution is 2.25. The molecule has 6 nitrogen and oxygen atoms in total. The fourth-order valence-electron chi connectivity index (χ4n) is 2.83. The average molecular weight is 511 g/mol. The van der Waals surface area contributed by atoms with Gasteiger partial charge in [-0.15, -0.1) is 0 Å². The van der Waals surface area contributed by atoms with E-state index in [1.165, 1.54) is 24.3 Å². The minimum atomic E-state index is -0.569. The van der Waals surface area contributed by atoms with E-state index in [0.717, 1.165) is 5.56 Å². The zero-order valence-electron chi connectivity index (χ0n) is 21.6. The molecule has 2 rings (SSSR count). The number of allylic oxidation sites excluding steroid dienone is 9. The van der Waals surface area contributed by atoms with Crippen LogP contribution in [0.3, 0.4) is 0 Å². The maximum Gasteiger partial charge on any atom is 0.336 e. The minimum absolute atomic E-state index is 0.218. The number of hydrogen-bond donors (Lipinski definition) is 0. The molecular formula is C32H30O6. The summed E-state index contributed by atoms with van der Waals surface area (Å²) in [5, 5.41) is 0. The highest BCUT2D eigenvalue weighted by molar-refractivity contribution is 5.86. The topological polar surface area (TPSA) is 78.9 Å². The van der Waals surface area contributed by atoms with Crippen molar-refractivity contribution in [3.63, 3.8) is 0 Å². The van der Waals surface area contributed by atoms with Gasteiger partial charge in [-0.3, -0.25) is 0 Å². The zero-order valence-corrected chi connectivity index (χ0v) is 21.6. The first-order chi connectivity index (χ1) is 18.4. The van der Waals surface area contributed by atoms with E-state index in [-0.39, 0.29) is 11.5 Å². The van der Waals surface area contributed by atoms with Gasteiger partial charge in [0, 0.05) is 24.3 Å². The molecule has 0 atom stereocenters. The number of hydrogen-bond acceptors (Lipinski definition) is 6. The third-order valence-corrected chi connectivity index (χ3v) is 4.51. The van der Waals surface area contributed by atoms with Gasteiger partial charge < -0.3 is 14.2 Å². The Morgan fingerprint density at radius 1 is 0.500 bits per heavy atom. The van der Waals surface area contributed by atoms with E-state index in [4.69, 9.17) is 14.2 Å². The first-order valence-corrected chi connectivity index (χ1v) is 11.9. The highest BCUT2D eigenvalue weighted by atomic mass is 16.5. The molecule has 2 aromatic rings. The van der Waals surface area contributed by atoms with Gasteiger partial charge in [0.25, 0.3) is 0 Å². The summed E-state index contributed by atoms with van der Waals surface area (Å²) < 4.78 is 16.0. The molecule has 0 saturated heterocycles. The van der Waals surface area contributed by atoms with Crippen LogP contribution in [-0.4, -0.2) is 17.9 Å². The Labute approximate surface area is 223 Å². The van der Waals surface area contributed by atoms with Crippen molar-refractivity contribution in [3.05, 3.63) is 127 Å². The molecule has 38 heavy (non-hydrogen) atoms. The van der Waals surface area contributed by atoms with Crippen molar-refractivity contribution >= 4 is 30.1 Å². The van der Waals surface area contributed by atoms with Crippen LogP contribution in [0, 0.1) is 0 Å². The molecule has 0 aromatic heterocycles. The monoisotopic (exact) mass is 510 g/mol. The largest absolute Gasteiger partial charge is 0.423 e. The third-order valence-electron chi connectivity index (χ3n) is 4.51. The Hall–Kier alpha value is -4.97. The number of rotatable bonds is 11. The lowest BCUT2D eigenvalue weighted by atomic mass is 10.1. The van der Waals surface area contributed by atoms with Crippen LogP contribution in [-0.2, 0) is 14.4 Å². The summed E-state index contributed by atoms with van der Waals surface area (Å²) in [5.74, 6) is -0.759. The summed E-state index contributed by atoms with van der Waals surface area (Å²) in [6.45, 7) is 5.52. The molecule has 0 heterocycles. The molecule has 0 spiro atoms. The van der Waals surface area contributed by atoms with Gasteiger partial charge in [-0.25, -0.2) is 14.4 Å². The SMILES string of the molecule is C/C=C/C=C/C(=O)Oc1ccc(C=Cc2cc(OC(=O)/C=C/C=C/C)cc(OC(=O)/C=C/C=C/C)c2)cc1. The molecule has 0 aliphatic carbocycles. The number of benzene rings is 2. The second kappa shape index (κ2) is 16.7. The van der Waals surface area contributed by atoms with E-state index in [1.54, 1.807) is 91.1 Å². The van der Waals surface area contributed by atoms with Crippen molar-refractivity contribution in [1.82, 2.24) is 0 Å². The molecule has 0 unspecified atom stereocenters. The lowest BCUT2D eigenvalue weighted by Crippen LogP contribution is -2.06. The molecule has 0 bridgehead atoms. The molecule has 0 aliphatic heterocycles. The van der Waals surface area contributed by atoms with E-state index >= 15 is 0 Å². The fraction of sp³-hybridized carbons (Fsp3) is 0.0938. The summed E-state index contributed by atoms with van der Waals surface area (Å²) >= 11 is 0. The smallest absolute Gasteiger partial charge is 0.336 e. The van der Waals surface area contributed by atoms with Crippen LogP contribution in [0.2, 0.25) is 0 Å². The van der Waals surface area contributed by atoms with Crippen LogP contribution in [0.4, 0.5) is 0 Å². The first-order valence-electron chi connectivity index (χ1n) is 11.9. The Morgan fingerprint density at radius 2 is 0.895 bits per heavy atom. The predicted molar refractivity (Wildman–Crippen MR) is 151 cm³/mol. The lowest BCUT2D eigenvalue weighted by molar-refractivity contribution is -0.130. The van der Waals surface area contributed by atoms with E-state index < -0.39 is 17.9 Å². The summed E-state index contributed by atoms with van der Waals surface area (Å²) in [6.07, 6.45) is 22.8. The Kier molecular flexibility index (Phi) is 12.8. The number of esters is 3.